The summed E-state index contributed by atoms with van der Waals surface area (Å²) in [6.45, 7) is 5.55. The van der Waals surface area contributed by atoms with E-state index in [0.29, 0.717) is 24.4 Å². The third-order valence-corrected chi connectivity index (χ3v) is 3.71. The van der Waals surface area contributed by atoms with Crippen LogP contribution in [0.5, 0.6) is 0 Å². The summed E-state index contributed by atoms with van der Waals surface area (Å²) < 4.78 is 9.89. The first-order valence-electron chi connectivity index (χ1n) is 6.58. The summed E-state index contributed by atoms with van der Waals surface area (Å²) in [6, 6.07) is 1.66. The first-order chi connectivity index (χ1) is 9.10. The van der Waals surface area contributed by atoms with Gasteiger partial charge in [0.1, 0.15) is 12.0 Å². The standard InChI is InChI=1S/C14H23NO4/c1-4-14(5-2,10-16)9-15-7-12-6-11(8-19-12)13(17)18-3/h6,8,15-16H,4-5,7,9-10H2,1-3H3. The number of aliphatic hydroxyl groups excluding tert-OH is 1. The average Bonchev–Trinajstić information content (AvgIpc) is 2.92. The minimum atomic E-state index is -0.401. The molecule has 0 fully saturated rings. The van der Waals surface area contributed by atoms with E-state index in [1.54, 1.807) is 6.07 Å². The number of carbonyl (C=O) groups excluding carboxylic acids is 1. The molecule has 0 atom stereocenters. The van der Waals surface area contributed by atoms with Gasteiger partial charge in [0.2, 0.25) is 0 Å². The van der Waals surface area contributed by atoms with Crippen LogP contribution in [0.3, 0.4) is 0 Å². The summed E-state index contributed by atoms with van der Waals surface area (Å²) in [4.78, 5) is 11.3. The molecule has 0 amide bonds. The lowest BCUT2D eigenvalue weighted by Gasteiger charge is -2.29. The van der Waals surface area contributed by atoms with Gasteiger partial charge in [0.05, 0.1) is 19.2 Å². The number of nitrogens with one attached hydrogen (secondary N) is 1. The Morgan fingerprint density at radius 2 is 2.16 bits per heavy atom. The van der Waals surface area contributed by atoms with E-state index >= 15 is 0 Å². The molecule has 0 bridgehead atoms. The van der Waals surface area contributed by atoms with E-state index in [4.69, 9.17) is 4.42 Å². The van der Waals surface area contributed by atoms with Crippen molar-refractivity contribution in [2.24, 2.45) is 5.41 Å². The van der Waals surface area contributed by atoms with Gasteiger partial charge in [0.25, 0.3) is 0 Å². The summed E-state index contributed by atoms with van der Waals surface area (Å²) in [5, 5.41) is 12.7. The second-order valence-electron chi connectivity index (χ2n) is 4.76. The van der Waals surface area contributed by atoms with Crippen LogP contribution in [-0.2, 0) is 11.3 Å². The van der Waals surface area contributed by atoms with Gasteiger partial charge < -0.3 is 19.6 Å². The zero-order valence-electron chi connectivity index (χ0n) is 11.9. The van der Waals surface area contributed by atoms with E-state index in [0.717, 1.165) is 12.8 Å². The molecule has 19 heavy (non-hydrogen) atoms. The van der Waals surface area contributed by atoms with Crippen LogP contribution in [0.25, 0.3) is 0 Å². The Morgan fingerprint density at radius 1 is 1.47 bits per heavy atom. The Hall–Kier alpha value is -1.33. The van der Waals surface area contributed by atoms with Crippen molar-refractivity contribution in [3.63, 3.8) is 0 Å². The van der Waals surface area contributed by atoms with Crippen molar-refractivity contribution in [1.82, 2.24) is 5.32 Å². The number of hydrogen-bond acceptors (Lipinski definition) is 5. The van der Waals surface area contributed by atoms with Crippen molar-refractivity contribution < 1.29 is 19.1 Å². The molecular weight excluding hydrogens is 246 g/mol. The molecular formula is C14H23NO4. The maximum Gasteiger partial charge on any atom is 0.341 e. The molecule has 0 radical (unpaired) electrons. The second-order valence-corrected chi connectivity index (χ2v) is 4.76. The van der Waals surface area contributed by atoms with Crippen LogP contribution in [0.1, 0.15) is 42.8 Å². The lowest BCUT2D eigenvalue weighted by Crippen LogP contribution is -2.36. The van der Waals surface area contributed by atoms with Crippen LogP contribution >= 0.6 is 0 Å². The fraction of sp³-hybridized carbons (Fsp3) is 0.643. The van der Waals surface area contributed by atoms with Crippen LogP contribution in [-0.4, -0.2) is 31.3 Å². The number of aliphatic hydroxyl groups is 1. The SMILES string of the molecule is CCC(CC)(CO)CNCc1cc(C(=O)OC)co1. The van der Waals surface area contributed by atoms with Crippen LogP contribution in [0.2, 0.25) is 0 Å². The van der Waals surface area contributed by atoms with Crippen LogP contribution in [0, 0.1) is 5.41 Å². The molecule has 0 saturated carbocycles. The number of furan rings is 1. The monoisotopic (exact) mass is 269 g/mol. The van der Waals surface area contributed by atoms with Crippen LogP contribution in [0.15, 0.2) is 16.7 Å². The molecule has 1 rings (SSSR count). The van der Waals surface area contributed by atoms with Gasteiger partial charge in [0.15, 0.2) is 0 Å². The van der Waals surface area contributed by atoms with Crippen LogP contribution in [0.4, 0.5) is 0 Å². The lowest BCUT2D eigenvalue weighted by molar-refractivity contribution is 0.0600. The Labute approximate surface area is 113 Å². The zero-order chi connectivity index (χ0) is 14.3. The summed E-state index contributed by atoms with van der Waals surface area (Å²) >= 11 is 0. The van der Waals surface area contributed by atoms with Gasteiger partial charge in [-0.25, -0.2) is 4.79 Å². The predicted octanol–water partition coefficient (Wildman–Crippen LogP) is 1.95. The smallest absolute Gasteiger partial charge is 0.341 e. The first kappa shape index (κ1) is 15.7. The molecule has 108 valence electrons. The maximum atomic E-state index is 11.3. The molecule has 1 aromatic rings. The molecule has 5 heteroatoms. The predicted molar refractivity (Wildman–Crippen MR) is 71.9 cm³/mol. The molecule has 0 aliphatic heterocycles. The van der Waals surface area contributed by atoms with Gasteiger partial charge in [-0.05, 0) is 18.9 Å². The van der Waals surface area contributed by atoms with Gasteiger partial charge in [-0.3, -0.25) is 0 Å². The number of ether oxygens (including phenoxy) is 1. The normalized spacial score (nSPS) is 11.6. The number of esters is 1. The highest BCUT2D eigenvalue weighted by Gasteiger charge is 2.24. The number of hydrogen-bond donors (Lipinski definition) is 2. The molecule has 0 spiro atoms. The summed E-state index contributed by atoms with van der Waals surface area (Å²) in [6.07, 6.45) is 3.22. The van der Waals surface area contributed by atoms with Crippen molar-refractivity contribution in [2.75, 3.05) is 20.3 Å². The van der Waals surface area contributed by atoms with Crippen molar-refractivity contribution in [2.45, 2.75) is 33.2 Å². The Balaban J connectivity index is 2.49. The molecule has 1 heterocycles. The molecule has 1 aromatic heterocycles. The molecule has 0 aromatic carbocycles. The fourth-order valence-corrected chi connectivity index (χ4v) is 1.93. The highest BCUT2D eigenvalue weighted by molar-refractivity contribution is 5.88. The van der Waals surface area contributed by atoms with Crippen molar-refractivity contribution in [3.05, 3.63) is 23.7 Å². The maximum absolute atomic E-state index is 11.3. The van der Waals surface area contributed by atoms with Gasteiger partial charge in [-0.1, -0.05) is 13.8 Å². The number of carbonyl (C=O) groups is 1. The van der Waals surface area contributed by atoms with Gasteiger partial charge in [-0.2, -0.15) is 0 Å². The summed E-state index contributed by atoms with van der Waals surface area (Å²) in [5.74, 6) is 0.279. The van der Waals surface area contributed by atoms with Crippen molar-refractivity contribution >= 4 is 5.97 Å². The minimum Gasteiger partial charge on any atom is -0.467 e. The first-order valence-corrected chi connectivity index (χ1v) is 6.58. The largest absolute Gasteiger partial charge is 0.467 e. The molecule has 0 aliphatic carbocycles. The van der Waals surface area contributed by atoms with E-state index in [1.807, 2.05) is 0 Å². The van der Waals surface area contributed by atoms with E-state index in [9.17, 15) is 9.90 Å². The third-order valence-electron chi connectivity index (χ3n) is 3.71. The highest BCUT2D eigenvalue weighted by Crippen LogP contribution is 2.24. The topological polar surface area (TPSA) is 71.7 Å². The van der Waals surface area contributed by atoms with Gasteiger partial charge >= 0.3 is 5.97 Å². The number of methoxy groups -OCH3 is 1. The van der Waals surface area contributed by atoms with Gasteiger partial charge in [-0.15, -0.1) is 0 Å². The molecule has 0 saturated heterocycles. The molecule has 0 aliphatic rings. The van der Waals surface area contributed by atoms with Crippen LogP contribution < -0.4 is 5.32 Å². The van der Waals surface area contributed by atoms with E-state index in [-0.39, 0.29) is 12.0 Å². The molecule has 0 unspecified atom stereocenters. The fourth-order valence-electron chi connectivity index (χ4n) is 1.93. The zero-order valence-corrected chi connectivity index (χ0v) is 11.9. The van der Waals surface area contributed by atoms with Gasteiger partial charge in [0, 0.05) is 18.6 Å². The average molecular weight is 269 g/mol. The number of rotatable bonds is 8. The quantitative estimate of drug-likeness (QED) is 0.706. The highest BCUT2D eigenvalue weighted by atomic mass is 16.5. The molecule has 2 N–H and O–H groups in total. The van der Waals surface area contributed by atoms with Crippen molar-refractivity contribution in [1.29, 1.82) is 0 Å². The van der Waals surface area contributed by atoms with E-state index < -0.39 is 5.97 Å². The summed E-state index contributed by atoms with van der Waals surface area (Å²) in [5.41, 5.74) is 0.330. The Kier molecular flexibility index (Phi) is 6.05. The van der Waals surface area contributed by atoms with E-state index in [2.05, 4.69) is 23.9 Å². The lowest BCUT2D eigenvalue weighted by atomic mass is 9.83. The summed E-state index contributed by atoms with van der Waals surface area (Å²) in [7, 11) is 1.34. The molecule has 5 nitrogen and oxygen atoms in total. The van der Waals surface area contributed by atoms with E-state index in [1.165, 1.54) is 13.4 Å². The minimum absolute atomic E-state index is 0.0855. The third kappa shape index (κ3) is 4.08. The Morgan fingerprint density at radius 3 is 2.68 bits per heavy atom. The Bertz CT molecular complexity index is 388. The van der Waals surface area contributed by atoms with Crippen molar-refractivity contribution in [3.8, 4) is 0 Å². The second kappa shape index (κ2) is 7.31.